The maximum Gasteiger partial charge on any atom is 0.126 e. The Morgan fingerprint density at radius 2 is 2.25 bits per heavy atom. The average Bonchev–Trinajstić information content (AvgIpc) is 2.71. The second kappa shape index (κ2) is 4.40. The van der Waals surface area contributed by atoms with Crippen LogP contribution in [0, 0.1) is 12.7 Å². The third-order valence-corrected chi connectivity index (χ3v) is 2.35. The lowest BCUT2D eigenvalue weighted by molar-refractivity contribution is 0.617. The lowest BCUT2D eigenvalue weighted by atomic mass is 10.2. The first-order valence-electron chi connectivity index (χ1n) is 5.08. The zero-order chi connectivity index (χ0) is 11.5. The number of hydrogen-bond acceptors (Lipinski definition) is 3. The Bertz CT molecular complexity index is 492. The topological polar surface area (TPSA) is 56.7 Å². The van der Waals surface area contributed by atoms with Crippen LogP contribution in [0.4, 0.5) is 4.39 Å². The molecule has 1 aromatic heterocycles. The number of halogens is 1. The van der Waals surface area contributed by atoms with E-state index in [1.54, 1.807) is 29.9 Å². The Morgan fingerprint density at radius 1 is 1.44 bits per heavy atom. The van der Waals surface area contributed by atoms with Crippen LogP contribution in [-0.4, -0.2) is 21.5 Å². The average molecular weight is 220 g/mol. The van der Waals surface area contributed by atoms with E-state index in [0.717, 1.165) is 11.4 Å². The number of aryl methyl sites for hydroxylation is 1. The van der Waals surface area contributed by atoms with Gasteiger partial charge in [-0.1, -0.05) is 5.21 Å². The molecule has 84 valence electrons. The summed E-state index contributed by atoms with van der Waals surface area (Å²) in [4.78, 5) is 0. The van der Waals surface area contributed by atoms with E-state index in [0.29, 0.717) is 18.5 Å². The summed E-state index contributed by atoms with van der Waals surface area (Å²) in [6.45, 7) is 2.26. The molecule has 0 bridgehead atoms. The molecule has 2 rings (SSSR count). The van der Waals surface area contributed by atoms with Crippen LogP contribution in [0.2, 0.25) is 0 Å². The number of nitrogens with two attached hydrogens (primary N) is 1. The minimum Gasteiger partial charge on any atom is -0.330 e. The van der Waals surface area contributed by atoms with Crippen LogP contribution in [0.5, 0.6) is 0 Å². The lowest BCUT2D eigenvalue weighted by Crippen LogP contribution is -2.02. The lowest BCUT2D eigenvalue weighted by Gasteiger charge is -2.01. The summed E-state index contributed by atoms with van der Waals surface area (Å²) >= 11 is 0. The third kappa shape index (κ3) is 2.09. The van der Waals surface area contributed by atoms with E-state index in [-0.39, 0.29) is 5.82 Å². The zero-order valence-corrected chi connectivity index (χ0v) is 9.02. The summed E-state index contributed by atoms with van der Waals surface area (Å²) in [5.74, 6) is -0.217. The summed E-state index contributed by atoms with van der Waals surface area (Å²) in [7, 11) is 0. The largest absolute Gasteiger partial charge is 0.330 e. The molecular weight excluding hydrogens is 207 g/mol. The van der Waals surface area contributed by atoms with Crippen molar-refractivity contribution in [1.82, 2.24) is 15.0 Å². The van der Waals surface area contributed by atoms with Crippen LogP contribution >= 0.6 is 0 Å². The first-order chi connectivity index (χ1) is 7.70. The van der Waals surface area contributed by atoms with Crippen LogP contribution in [0.25, 0.3) is 5.69 Å². The summed E-state index contributed by atoms with van der Waals surface area (Å²) in [5.41, 5.74) is 7.66. The van der Waals surface area contributed by atoms with Gasteiger partial charge in [0.2, 0.25) is 0 Å². The Balaban J connectivity index is 2.31. The molecule has 4 nitrogen and oxygen atoms in total. The Labute approximate surface area is 92.9 Å². The highest BCUT2D eigenvalue weighted by Gasteiger charge is 2.04. The highest BCUT2D eigenvalue weighted by Crippen LogP contribution is 2.12. The fraction of sp³-hybridized carbons (Fsp3) is 0.273. The number of aromatic nitrogens is 3. The predicted molar refractivity (Wildman–Crippen MR) is 58.8 cm³/mol. The molecule has 16 heavy (non-hydrogen) atoms. The normalized spacial score (nSPS) is 10.7. The summed E-state index contributed by atoms with van der Waals surface area (Å²) < 4.78 is 14.7. The monoisotopic (exact) mass is 220 g/mol. The molecule has 0 aliphatic rings. The van der Waals surface area contributed by atoms with Gasteiger partial charge in [-0.3, -0.25) is 0 Å². The fourth-order valence-corrected chi connectivity index (χ4v) is 1.46. The fourth-order valence-electron chi connectivity index (χ4n) is 1.46. The van der Waals surface area contributed by atoms with Crippen molar-refractivity contribution in [2.45, 2.75) is 13.3 Å². The minimum absolute atomic E-state index is 0.217. The van der Waals surface area contributed by atoms with Gasteiger partial charge < -0.3 is 5.73 Å². The number of nitrogens with zero attached hydrogens (tertiary/aromatic N) is 3. The van der Waals surface area contributed by atoms with Crippen molar-refractivity contribution in [1.29, 1.82) is 0 Å². The van der Waals surface area contributed by atoms with Crippen molar-refractivity contribution in [3.05, 3.63) is 41.5 Å². The molecule has 2 N–H and O–H groups in total. The first kappa shape index (κ1) is 10.8. The Kier molecular flexibility index (Phi) is 2.96. The maximum absolute atomic E-state index is 13.1. The number of rotatable bonds is 3. The molecule has 0 saturated heterocycles. The first-order valence-corrected chi connectivity index (χ1v) is 5.08. The van der Waals surface area contributed by atoms with E-state index < -0.39 is 0 Å². The number of benzene rings is 1. The van der Waals surface area contributed by atoms with Gasteiger partial charge in [0.05, 0.1) is 17.6 Å². The van der Waals surface area contributed by atoms with Gasteiger partial charge in [0.25, 0.3) is 0 Å². The Hall–Kier alpha value is -1.75. The van der Waals surface area contributed by atoms with Gasteiger partial charge in [0.1, 0.15) is 5.82 Å². The van der Waals surface area contributed by atoms with Crippen molar-refractivity contribution >= 4 is 0 Å². The highest BCUT2D eigenvalue weighted by atomic mass is 19.1. The molecule has 0 amide bonds. The number of hydrogen-bond donors (Lipinski definition) is 1. The van der Waals surface area contributed by atoms with Crippen LogP contribution in [0.1, 0.15) is 11.3 Å². The maximum atomic E-state index is 13.1. The van der Waals surface area contributed by atoms with E-state index in [4.69, 9.17) is 5.73 Å². The van der Waals surface area contributed by atoms with Gasteiger partial charge in [0, 0.05) is 6.42 Å². The summed E-state index contributed by atoms with van der Waals surface area (Å²) in [5, 5.41) is 7.94. The van der Waals surface area contributed by atoms with Crippen molar-refractivity contribution in [2.24, 2.45) is 5.73 Å². The third-order valence-electron chi connectivity index (χ3n) is 2.35. The van der Waals surface area contributed by atoms with E-state index in [1.165, 1.54) is 6.07 Å². The molecule has 2 aromatic rings. The molecule has 1 aromatic carbocycles. The molecular formula is C11H13FN4. The van der Waals surface area contributed by atoms with Gasteiger partial charge in [-0.05, 0) is 37.2 Å². The van der Waals surface area contributed by atoms with Crippen LogP contribution < -0.4 is 5.73 Å². The molecule has 0 saturated carbocycles. The van der Waals surface area contributed by atoms with Crippen molar-refractivity contribution in [2.75, 3.05) is 6.54 Å². The van der Waals surface area contributed by atoms with Gasteiger partial charge in [0.15, 0.2) is 0 Å². The van der Waals surface area contributed by atoms with Crippen molar-refractivity contribution < 1.29 is 4.39 Å². The zero-order valence-electron chi connectivity index (χ0n) is 9.02. The summed E-state index contributed by atoms with van der Waals surface area (Å²) in [6, 6.07) is 4.83. The SMILES string of the molecule is Cc1cc(-n2cc(CCN)nn2)ccc1F. The van der Waals surface area contributed by atoms with Gasteiger partial charge in [-0.25, -0.2) is 9.07 Å². The minimum atomic E-state index is -0.217. The molecule has 0 aliphatic heterocycles. The molecule has 5 heteroatoms. The van der Waals surface area contributed by atoms with Gasteiger partial charge >= 0.3 is 0 Å². The molecule has 0 fully saturated rings. The van der Waals surface area contributed by atoms with Gasteiger partial charge in [-0.2, -0.15) is 0 Å². The van der Waals surface area contributed by atoms with Crippen LogP contribution in [0.3, 0.4) is 0 Å². The van der Waals surface area contributed by atoms with Gasteiger partial charge in [-0.15, -0.1) is 5.10 Å². The Morgan fingerprint density at radius 3 is 2.94 bits per heavy atom. The quantitative estimate of drug-likeness (QED) is 0.846. The molecule has 1 heterocycles. The standard InChI is InChI=1S/C11H13FN4/c1-8-6-10(2-3-11(8)12)16-7-9(4-5-13)14-15-16/h2-3,6-7H,4-5,13H2,1H3. The highest BCUT2D eigenvalue weighted by molar-refractivity contribution is 5.35. The molecule has 0 atom stereocenters. The second-order valence-electron chi connectivity index (χ2n) is 3.63. The molecule has 0 spiro atoms. The van der Waals surface area contributed by atoms with Crippen molar-refractivity contribution in [3.8, 4) is 5.69 Å². The van der Waals surface area contributed by atoms with Crippen molar-refractivity contribution in [3.63, 3.8) is 0 Å². The molecule has 0 aliphatic carbocycles. The molecule has 0 radical (unpaired) electrons. The van der Waals surface area contributed by atoms with E-state index >= 15 is 0 Å². The van der Waals surface area contributed by atoms with E-state index in [9.17, 15) is 4.39 Å². The second-order valence-corrected chi connectivity index (χ2v) is 3.63. The van der Waals surface area contributed by atoms with E-state index in [2.05, 4.69) is 10.3 Å². The van der Waals surface area contributed by atoms with E-state index in [1.807, 2.05) is 0 Å². The smallest absolute Gasteiger partial charge is 0.126 e. The van der Waals surface area contributed by atoms with Crippen LogP contribution in [-0.2, 0) is 6.42 Å². The summed E-state index contributed by atoms with van der Waals surface area (Å²) in [6.07, 6.45) is 2.50. The predicted octanol–water partition coefficient (Wildman–Crippen LogP) is 1.22. The van der Waals surface area contributed by atoms with Crippen LogP contribution in [0.15, 0.2) is 24.4 Å². The molecule has 0 unspecified atom stereocenters.